The number of hydrogen-bond acceptors (Lipinski definition) is 2. The Balaban J connectivity index is 2.18. The van der Waals surface area contributed by atoms with Gasteiger partial charge in [-0.1, -0.05) is 19.1 Å². The molecule has 0 spiro atoms. The summed E-state index contributed by atoms with van der Waals surface area (Å²) in [5.74, 6) is -0.179. The second-order valence-electron chi connectivity index (χ2n) is 4.00. The first-order valence-electron chi connectivity index (χ1n) is 5.83. The van der Waals surface area contributed by atoms with Gasteiger partial charge in [-0.05, 0) is 52.5 Å². The standard InChI is InChI=1S/C14H16FNS/c1-2-6-16-8-12-9-17-10-14(12)11-4-3-5-13(15)7-11/h3-5,7,9-10,16H,2,6,8H2,1H3. The highest BCUT2D eigenvalue weighted by atomic mass is 32.1. The molecule has 3 heteroatoms. The number of hydrogen-bond donors (Lipinski definition) is 1. The van der Waals surface area contributed by atoms with Crippen LogP contribution in [0.2, 0.25) is 0 Å². The van der Waals surface area contributed by atoms with E-state index in [9.17, 15) is 4.39 Å². The van der Waals surface area contributed by atoms with Crippen molar-refractivity contribution in [2.24, 2.45) is 0 Å². The summed E-state index contributed by atoms with van der Waals surface area (Å²) in [5.41, 5.74) is 3.34. The summed E-state index contributed by atoms with van der Waals surface area (Å²) in [6, 6.07) is 6.77. The van der Waals surface area contributed by atoms with Crippen LogP contribution in [0.5, 0.6) is 0 Å². The average molecular weight is 249 g/mol. The Kier molecular flexibility index (Phi) is 4.29. The van der Waals surface area contributed by atoms with Gasteiger partial charge in [0.25, 0.3) is 0 Å². The lowest BCUT2D eigenvalue weighted by Gasteiger charge is -2.05. The highest BCUT2D eigenvalue weighted by Gasteiger charge is 2.06. The highest BCUT2D eigenvalue weighted by molar-refractivity contribution is 7.08. The lowest BCUT2D eigenvalue weighted by Crippen LogP contribution is -2.13. The summed E-state index contributed by atoms with van der Waals surface area (Å²) in [5, 5.41) is 7.58. The molecule has 0 radical (unpaired) electrons. The van der Waals surface area contributed by atoms with Crippen molar-refractivity contribution in [1.29, 1.82) is 0 Å². The largest absolute Gasteiger partial charge is 0.313 e. The van der Waals surface area contributed by atoms with E-state index in [1.54, 1.807) is 23.5 Å². The molecule has 1 aromatic carbocycles. The topological polar surface area (TPSA) is 12.0 Å². The maximum atomic E-state index is 13.2. The van der Waals surface area contributed by atoms with Crippen molar-refractivity contribution in [1.82, 2.24) is 5.32 Å². The van der Waals surface area contributed by atoms with E-state index in [-0.39, 0.29) is 5.82 Å². The van der Waals surface area contributed by atoms with Crippen molar-refractivity contribution in [3.8, 4) is 11.1 Å². The van der Waals surface area contributed by atoms with Gasteiger partial charge in [0.1, 0.15) is 5.82 Å². The molecule has 0 aliphatic rings. The van der Waals surface area contributed by atoms with Gasteiger partial charge in [-0.3, -0.25) is 0 Å². The summed E-state index contributed by atoms with van der Waals surface area (Å²) < 4.78 is 13.2. The monoisotopic (exact) mass is 249 g/mol. The molecule has 0 bridgehead atoms. The maximum absolute atomic E-state index is 13.2. The van der Waals surface area contributed by atoms with Crippen LogP contribution in [0.15, 0.2) is 35.0 Å². The molecule has 1 aromatic heterocycles. The highest BCUT2D eigenvalue weighted by Crippen LogP contribution is 2.27. The van der Waals surface area contributed by atoms with Crippen LogP contribution in [0, 0.1) is 5.82 Å². The van der Waals surface area contributed by atoms with Gasteiger partial charge in [-0.25, -0.2) is 4.39 Å². The third-order valence-electron chi connectivity index (χ3n) is 2.62. The smallest absolute Gasteiger partial charge is 0.123 e. The van der Waals surface area contributed by atoms with E-state index < -0.39 is 0 Å². The van der Waals surface area contributed by atoms with Crippen molar-refractivity contribution in [2.45, 2.75) is 19.9 Å². The quantitative estimate of drug-likeness (QED) is 0.788. The molecule has 0 amide bonds. The van der Waals surface area contributed by atoms with Gasteiger partial charge in [0.2, 0.25) is 0 Å². The lowest BCUT2D eigenvalue weighted by molar-refractivity contribution is 0.628. The van der Waals surface area contributed by atoms with Crippen molar-refractivity contribution in [2.75, 3.05) is 6.54 Å². The lowest BCUT2D eigenvalue weighted by atomic mass is 10.0. The summed E-state index contributed by atoms with van der Waals surface area (Å²) in [4.78, 5) is 0. The summed E-state index contributed by atoms with van der Waals surface area (Å²) in [6.07, 6.45) is 1.12. The van der Waals surface area contributed by atoms with E-state index in [4.69, 9.17) is 0 Å². The minimum atomic E-state index is -0.179. The van der Waals surface area contributed by atoms with E-state index in [2.05, 4.69) is 23.0 Å². The fraction of sp³-hybridized carbons (Fsp3) is 0.286. The molecule has 0 atom stereocenters. The van der Waals surface area contributed by atoms with Crippen molar-refractivity contribution < 1.29 is 4.39 Å². The summed E-state index contributed by atoms with van der Waals surface area (Å²) in [7, 11) is 0. The molecule has 0 fully saturated rings. The van der Waals surface area contributed by atoms with Crippen LogP contribution < -0.4 is 5.32 Å². The van der Waals surface area contributed by atoms with Crippen molar-refractivity contribution in [3.05, 3.63) is 46.4 Å². The van der Waals surface area contributed by atoms with Crippen LogP contribution in [0.3, 0.4) is 0 Å². The Hall–Kier alpha value is -1.19. The molecule has 0 saturated carbocycles. The minimum Gasteiger partial charge on any atom is -0.313 e. The zero-order chi connectivity index (χ0) is 12.1. The second-order valence-corrected chi connectivity index (χ2v) is 4.74. The first-order valence-corrected chi connectivity index (χ1v) is 6.77. The van der Waals surface area contributed by atoms with E-state index in [1.165, 1.54) is 11.6 Å². The van der Waals surface area contributed by atoms with Crippen LogP contribution in [0.25, 0.3) is 11.1 Å². The van der Waals surface area contributed by atoms with Crippen molar-refractivity contribution in [3.63, 3.8) is 0 Å². The van der Waals surface area contributed by atoms with Gasteiger partial charge in [-0.2, -0.15) is 11.3 Å². The molecule has 1 heterocycles. The molecule has 2 rings (SSSR count). The summed E-state index contributed by atoms with van der Waals surface area (Å²) in [6.45, 7) is 4.01. The molecule has 1 nitrogen and oxygen atoms in total. The first-order chi connectivity index (χ1) is 8.31. The predicted molar refractivity (Wildman–Crippen MR) is 71.7 cm³/mol. The molecule has 17 heavy (non-hydrogen) atoms. The van der Waals surface area contributed by atoms with Crippen LogP contribution >= 0.6 is 11.3 Å². The first kappa shape index (κ1) is 12.3. The molecular formula is C14H16FNS. The van der Waals surface area contributed by atoms with E-state index in [0.717, 1.165) is 30.6 Å². The fourth-order valence-corrected chi connectivity index (χ4v) is 2.64. The molecule has 0 aliphatic heterocycles. The van der Waals surface area contributed by atoms with Gasteiger partial charge < -0.3 is 5.32 Å². The van der Waals surface area contributed by atoms with Gasteiger partial charge in [0, 0.05) is 6.54 Å². The second kappa shape index (κ2) is 5.94. The number of halogens is 1. The maximum Gasteiger partial charge on any atom is 0.123 e. The van der Waals surface area contributed by atoms with E-state index in [0.29, 0.717) is 0 Å². The Morgan fingerprint density at radius 1 is 1.29 bits per heavy atom. The van der Waals surface area contributed by atoms with Gasteiger partial charge in [0.05, 0.1) is 0 Å². The number of thiophene rings is 1. The SMILES string of the molecule is CCCNCc1cscc1-c1cccc(F)c1. The van der Waals surface area contributed by atoms with Gasteiger partial charge >= 0.3 is 0 Å². The fourth-order valence-electron chi connectivity index (χ4n) is 1.77. The van der Waals surface area contributed by atoms with Crippen LogP contribution in [-0.2, 0) is 6.54 Å². The molecule has 0 unspecified atom stereocenters. The zero-order valence-corrected chi connectivity index (χ0v) is 10.7. The Morgan fingerprint density at radius 2 is 2.18 bits per heavy atom. The van der Waals surface area contributed by atoms with Crippen LogP contribution in [0.4, 0.5) is 4.39 Å². The molecule has 1 N–H and O–H groups in total. The Morgan fingerprint density at radius 3 is 2.94 bits per heavy atom. The number of nitrogens with one attached hydrogen (secondary N) is 1. The van der Waals surface area contributed by atoms with E-state index >= 15 is 0 Å². The number of benzene rings is 1. The number of rotatable bonds is 5. The molecule has 2 aromatic rings. The zero-order valence-electron chi connectivity index (χ0n) is 9.87. The molecule has 0 aliphatic carbocycles. The third kappa shape index (κ3) is 3.14. The summed E-state index contributed by atoms with van der Waals surface area (Å²) >= 11 is 1.66. The minimum absolute atomic E-state index is 0.179. The Bertz CT molecular complexity index is 479. The van der Waals surface area contributed by atoms with Gasteiger partial charge in [0.15, 0.2) is 0 Å². The molecule has 0 saturated heterocycles. The van der Waals surface area contributed by atoms with Crippen molar-refractivity contribution >= 4 is 11.3 Å². The van der Waals surface area contributed by atoms with Gasteiger partial charge in [-0.15, -0.1) is 0 Å². The van der Waals surface area contributed by atoms with E-state index in [1.807, 2.05) is 6.07 Å². The third-order valence-corrected chi connectivity index (χ3v) is 3.41. The predicted octanol–water partition coefficient (Wildman–Crippen LogP) is 4.05. The average Bonchev–Trinajstić information content (AvgIpc) is 2.78. The molecular weight excluding hydrogens is 233 g/mol. The van der Waals surface area contributed by atoms with Crippen LogP contribution in [0.1, 0.15) is 18.9 Å². The Labute approximate surface area is 105 Å². The van der Waals surface area contributed by atoms with Crippen LogP contribution in [-0.4, -0.2) is 6.54 Å². The molecule has 90 valence electrons. The normalized spacial score (nSPS) is 10.7.